The average Bonchev–Trinajstić information content (AvgIpc) is 3.44. The van der Waals surface area contributed by atoms with Crippen LogP contribution in [0.5, 0.6) is 0 Å². The number of Topliss-reactive ketones (excluding diaryl/α,β-unsaturated/α-hetero) is 2. The van der Waals surface area contributed by atoms with Gasteiger partial charge in [-0.1, -0.05) is 12.1 Å². The van der Waals surface area contributed by atoms with Gasteiger partial charge in [0.15, 0.2) is 11.6 Å². The van der Waals surface area contributed by atoms with E-state index in [1.807, 2.05) is 6.92 Å². The number of nitrogens with zero attached hydrogens (tertiary/aromatic N) is 2. The van der Waals surface area contributed by atoms with E-state index in [-0.39, 0.29) is 24.0 Å². The topological polar surface area (TPSA) is 105 Å². The highest BCUT2D eigenvalue weighted by molar-refractivity contribution is 6.42. The van der Waals surface area contributed by atoms with Crippen LogP contribution in [0.1, 0.15) is 25.3 Å². The van der Waals surface area contributed by atoms with E-state index in [1.54, 1.807) is 24.3 Å². The molecule has 0 fully saturated rings. The van der Waals surface area contributed by atoms with Gasteiger partial charge in [-0.3, -0.25) is 9.59 Å². The van der Waals surface area contributed by atoms with Gasteiger partial charge in [0.25, 0.3) is 0 Å². The Bertz CT molecular complexity index is 954. The van der Waals surface area contributed by atoms with Crippen LogP contribution in [0.4, 0.5) is 10.5 Å². The van der Waals surface area contributed by atoms with Crippen LogP contribution in [0, 0.1) is 0 Å². The maximum atomic E-state index is 12.9. The fourth-order valence-corrected chi connectivity index (χ4v) is 3.44. The zero-order chi connectivity index (χ0) is 18.6. The molecule has 2 amide bonds. The van der Waals surface area contributed by atoms with E-state index < -0.39 is 6.03 Å². The van der Waals surface area contributed by atoms with Crippen LogP contribution >= 0.6 is 0 Å². The number of nitrogen functional groups attached to an aromatic ring is 1. The van der Waals surface area contributed by atoms with E-state index in [2.05, 4.69) is 10.4 Å². The minimum Gasteiger partial charge on any atom is -0.399 e. The summed E-state index contributed by atoms with van der Waals surface area (Å²) < 4.78 is 0. The highest BCUT2D eigenvalue weighted by Crippen LogP contribution is 2.44. The summed E-state index contributed by atoms with van der Waals surface area (Å²) in [7, 11) is 1.52. The molecule has 1 aromatic carbocycles. The summed E-state index contributed by atoms with van der Waals surface area (Å²) >= 11 is 0. The molecule has 3 N–H and O–H groups in total. The highest BCUT2D eigenvalue weighted by Gasteiger charge is 2.46. The molecule has 26 heavy (non-hydrogen) atoms. The van der Waals surface area contributed by atoms with Crippen molar-refractivity contribution in [2.24, 2.45) is 5.10 Å². The third-order valence-corrected chi connectivity index (χ3v) is 4.91. The van der Waals surface area contributed by atoms with E-state index in [1.165, 1.54) is 12.1 Å². The zero-order valence-electron chi connectivity index (χ0n) is 14.5. The summed E-state index contributed by atoms with van der Waals surface area (Å²) in [5.41, 5.74) is 9.24. The van der Waals surface area contributed by atoms with Gasteiger partial charge in [0.05, 0.1) is 11.6 Å². The molecule has 4 rings (SSSR count). The second-order valence-corrected chi connectivity index (χ2v) is 6.67. The number of urea groups is 1. The third-order valence-electron chi connectivity index (χ3n) is 4.91. The number of anilines is 1. The van der Waals surface area contributed by atoms with Gasteiger partial charge in [-0.15, -0.1) is 0 Å². The summed E-state index contributed by atoms with van der Waals surface area (Å²) in [6.45, 7) is 1.81. The molecule has 7 heteroatoms. The third kappa shape index (κ3) is 2.35. The number of hydrogen-bond donors (Lipinski definition) is 2. The molecule has 0 saturated heterocycles. The molecule has 3 aliphatic rings. The van der Waals surface area contributed by atoms with E-state index in [9.17, 15) is 14.4 Å². The smallest absolute Gasteiger partial charge is 0.337 e. The number of allylic oxidation sites excluding steroid dienone is 3. The van der Waals surface area contributed by atoms with Crippen molar-refractivity contribution >= 4 is 29.0 Å². The van der Waals surface area contributed by atoms with Crippen LogP contribution in [-0.2, 0) is 9.59 Å². The van der Waals surface area contributed by atoms with Crippen LogP contribution < -0.4 is 11.1 Å². The lowest BCUT2D eigenvalue weighted by Gasteiger charge is -2.23. The van der Waals surface area contributed by atoms with Gasteiger partial charge in [0.2, 0.25) is 0 Å². The molecule has 0 aromatic heterocycles. The van der Waals surface area contributed by atoms with Gasteiger partial charge < -0.3 is 11.1 Å². The quantitative estimate of drug-likeness (QED) is 0.592. The number of amides is 2. The monoisotopic (exact) mass is 350 g/mol. The minimum absolute atomic E-state index is 0.0941. The van der Waals surface area contributed by atoms with Crippen molar-refractivity contribution < 1.29 is 14.4 Å². The number of carbonyl (C=O) groups excluding carboxylic acids is 3. The number of benzene rings is 1. The molecular weight excluding hydrogens is 332 g/mol. The van der Waals surface area contributed by atoms with E-state index in [4.69, 9.17) is 5.73 Å². The molecule has 0 radical (unpaired) electrons. The van der Waals surface area contributed by atoms with Crippen LogP contribution in [0.2, 0.25) is 0 Å². The fourth-order valence-electron chi connectivity index (χ4n) is 3.44. The Labute approximate surface area is 150 Å². The van der Waals surface area contributed by atoms with E-state index >= 15 is 0 Å². The number of nitrogens with two attached hydrogens (primary N) is 1. The van der Waals surface area contributed by atoms with Crippen LogP contribution in [0.15, 0.2) is 51.7 Å². The summed E-state index contributed by atoms with van der Waals surface area (Å²) in [5, 5.41) is 8.35. The van der Waals surface area contributed by atoms with Gasteiger partial charge in [-0.25, -0.2) is 9.80 Å². The first-order valence-electron chi connectivity index (χ1n) is 8.42. The number of carbonyl (C=O) groups is 3. The number of hydrogen-bond acceptors (Lipinski definition) is 5. The Morgan fingerprint density at radius 2 is 1.81 bits per heavy atom. The minimum atomic E-state index is -0.393. The van der Waals surface area contributed by atoms with Gasteiger partial charge in [0, 0.05) is 41.4 Å². The predicted molar refractivity (Wildman–Crippen MR) is 96.4 cm³/mol. The molecule has 1 heterocycles. The van der Waals surface area contributed by atoms with Gasteiger partial charge in [-0.2, -0.15) is 5.10 Å². The first-order valence-corrected chi connectivity index (χ1v) is 8.42. The molecule has 1 aromatic rings. The molecule has 0 bridgehead atoms. The Morgan fingerprint density at radius 3 is 2.46 bits per heavy atom. The fraction of sp³-hybridized carbons (Fsp3) is 0.263. The first kappa shape index (κ1) is 16.3. The van der Waals surface area contributed by atoms with E-state index in [0.29, 0.717) is 45.7 Å². The first-order chi connectivity index (χ1) is 12.4. The average molecular weight is 350 g/mol. The summed E-state index contributed by atoms with van der Waals surface area (Å²) in [6, 6.07) is 6.14. The van der Waals surface area contributed by atoms with Crippen molar-refractivity contribution in [1.82, 2.24) is 10.3 Å². The maximum Gasteiger partial charge on any atom is 0.337 e. The SMILES string of the molecule is CNC(=O)N1N=C(c2ccc(N)cc2)C2=C(CC1C)C(=O)C1=C(C1)C2=O. The van der Waals surface area contributed by atoms with E-state index in [0.717, 1.165) is 0 Å². The maximum absolute atomic E-state index is 12.9. The molecule has 1 atom stereocenters. The highest BCUT2D eigenvalue weighted by atomic mass is 16.2. The van der Waals surface area contributed by atoms with Crippen LogP contribution in [-0.4, -0.2) is 41.4 Å². The van der Waals surface area contributed by atoms with Crippen molar-refractivity contribution in [2.75, 3.05) is 12.8 Å². The van der Waals surface area contributed by atoms with Crippen LogP contribution in [0.3, 0.4) is 0 Å². The largest absolute Gasteiger partial charge is 0.399 e. The summed E-state index contributed by atoms with van der Waals surface area (Å²) in [5.74, 6) is -0.250. The Balaban J connectivity index is 1.92. The van der Waals surface area contributed by atoms with Crippen LogP contribution in [0.25, 0.3) is 0 Å². The number of hydrazone groups is 1. The molecule has 7 nitrogen and oxygen atoms in total. The van der Waals surface area contributed by atoms with Crippen molar-refractivity contribution in [3.63, 3.8) is 0 Å². The van der Waals surface area contributed by atoms with Crippen molar-refractivity contribution in [2.45, 2.75) is 25.8 Å². The lowest BCUT2D eigenvalue weighted by Crippen LogP contribution is -2.40. The molecular formula is C19H18N4O3. The van der Waals surface area contributed by atoms with Crippen molar-refractivity contribution in [3.05, 3.63) is 52.1 Å². The lowest BCUT2D eigenvalue weighted by molar-refractivity contribution is -0.115. The molecule has 1 unspecified atom stereocenters. The Hall–Kier alpha value is -3.22. The normalized spacial score (nSPS) is 21.8. The molecule has 0 spiro atoms. The summed E-state index contributed by atoms with van der Waals surface area (Å²) in [4.78, 5) is 38.0. The number of rotatable bonds is 1. The molecule has 132 valence electrons. The van der Waals surface area contributed by atoms with Crippen molar-refractivity contribution in [1.29, 1.82) is 0 Å². The molecule has 0 saturated carbocycles. The number of ketones is 2. The number of nitrogens with one attached hydrogen (secondary N) is 1. The Morgan fingerprint density at radius 1 is 1.15 bits per heavy atom. The second kappa shape index (κ2) is 5.66. The van der Waals surface area contributed by atoms with Gasteiger partial charge in [-0.05, 0) is 25.5 Å². The lowest BCUT2D eigenvalue weighted by atomic mass is 9.86. The molecule has 1 aliphatic heterocycles. The Kier molecular flexibility index (Phi) is 3.54. The second-order valence-electron chi connectivity index (χ2n) is 6.67. The van der Waals surface area contributed by atoms with Gasteiger partial charge >= 0.3 is 6.03 Å². The predicted octanol–water partition coefficient (Wildman–Crippen LogP) is 1.56. The van der Waals surface area contributed by atoms with Gasteiger partial charge in [0.1, 0.15) is 5.71 Å². The molecule has 2 aliphatic carbocycles. The zero-order valence-corrected chi connectivity index (χ0v) is 14.5. The summed E-state index contributed by atoms with van der Waals surface area (Å²) in [6.07, 6.45) is 0.735. The van der Waals surface area contributed by atoms with Crippen molar-refractivity contribution in [3.8, 4) is 0 Å². The standard InChI is InChI=1S/C19H18N4O3/c1-9-7-14-15(18(25)13-8-12(13)17(14)24)16(22-23(9)19(26)21-2)10-3-5-11(20)6-4-10/h3-6,9H,7-8,20H2,1-2H3,(H,21,26).